The predicted molar refractivity (Wildman–Crippen MR) is 61.2 cm³/mol. The largest absolute Gasteiger partial charge is 0.435 e. The molecule has 5 nitrogen and oxygen atoms in total. The van der Waals surface area contributed by atoms with Crippen molar-refractivity contribution in [3.8, 4) is 0 Å². The summed E-state index contributed by atoms with van der Waals surface area (Å²) in [7, 11) is 0. The van der Waals surface area contributed by atoms with Crippen LogP contribution in [0.3, 0.4) is 0 Å². The summed E-state index contributed by atoms with van der Waals surface area (Å²) in [6.45, 7) is 1.76. The summed E-state index contributed by atoms with van der Waals surface area (Å²) < 4.78 is 37.7. The molecule has 1 atom stereocenters. The molecule has 0 saturated heterocycles. The van der Waals surface area contributed by atoms with Crippen LogP contribution in [-0.4, -0.2) is 33.4 Å². The van der Waals surface area contributed by atoms with Gasteiger partial charge in [-0.2, -0.15) is 18.3 Å². The fourth-order valence-electron chi connectivity index (χ4n) is 1.43. The Morgan fingerprint density at radius 2 is 2.26 bits per heavy atom. The van der Waals surface area contributed by atoms with Crippen molar-refractivity contribution in [3.63, 3.8) is 0 Å². The topological polar surface area (TPSA) is 67.2 Å². The molecule has 1 aromatic rings. The second-order valence-corrected chi connectivity index (χ2v) is 4.24. The first kappa shape index (κ1) is 15.5. The second kappa shape index (κ2) is 6.55. The number of hydrogen-bond acceptors (Lipinski definition) is 3. The fraction of sp³-hybridized carbons (Fsp3) is 0.636. The summed E-state index contributed by atoms with van der Waals surface area (Å²) in [4.78, 5) is 11.4. The van der Waals surface area contributed by atoms with Crippen molar-refractivity contribution >= 4 is 5.91 Å². The van der Waals surface area contributed by atoms with Crippen molar-refractivity contribution in [2.75, 3.05) is 6.54 Å². The third-order valence-corrected chi connectivity index (χ3v) is 2.36. The lowest BCUT2D eigenvalue weighted by Crippen LogP contribution is -2.29. The monoisotopic (exact) mass is 279 g/mol. The van der Waals surface area contributed by atoms with E-state index in [0.717, 1.165) is 16.9 Å². The smallest absolute Gasteiger partial charge is 0.393 e. The summed E-state index contributed by atoms with van der Waals surface area (Å²) in [5.41, 5.74) is -1.02. The Hall–Kier alpha value is -1.57. The molecule has 1 heterocycles. The molecule has 0 aromatic carbocycles. The van der Waals surface area contributed by atoms with Crippen molar-refractivity contribution in [1.82, 2.24) is 15.1 Å². The molecule has 0 saturated carbocycles. The van der Waals surface area contributed by atoms with Crippen molar-refractivity contribution < 1.29 is 23.1 Å². The van der Waals surface area contributed by atoms with Crippen molar-refractivity contribution in [2.45, 2.75) is 38.6 Å². The van der Waals surface area contributed by atoms with Crippen molar-refractivity contribution in [1.29, 1.82) is 0 Å². The molecule has 19 heavy (non-hydrogen) atoms. The van der Waals surface area contributed by atoms with E-state index in [2.05, 4.69) is 10.4 Å². The van der Waals surface area contributed by atoms with Crippen LogP contribution < -0.4 is 5.32 Å². The molecule has 0 fully saturated rings. The molecule has 0 aliphatic carbocycles. The lowest BCUT2D eigenvalue weighted by Gasteiger charge is -2.06. The molecule has 108 valence electrons. The Labute approximate surface area is 108 Å². The van der Waals surface area contributed by atoms with E-state index in [-0.39, 0.29) is 6.54 Å². The number of nitrogens with zero attached hydrogens (tertiary/aromatic N) is 2. The van der Waals surface area contributed by atoms with E-state index in [9.17, 15) is 18.0 Å². The highest BCUT2D eigenvalue weighted by Crippen LogP contribution is 2.27. The first-order chi connectivity index (χ1) is 8.79. The van der Waals surface area contributed by atoms with Gasteiger partial charge in [0.05, 0.1) is 6.10 Å². The molecule has 1 amide bonds. The normalized spacial score (nSPS) is 13.3. The molecule has 1 unspecified atom stereocenters. The first-order valence-electron chi connectivity index (χ1n) is 5.84. The highest BCUT2D eigenvalue weighted by molar-refractivity contribution is 5.75. The minimum atomic E-state index is -4.50. The number of aliphatic hydroxyl groups excluding tert-OH is 1. The number of carbonyl (C=O) groups excluding carboxylic acids is 1. The zero-order valence-corrected chi connectivity index (χ0v) is 10.4. The van der Waals surface area contributed by atoms with E-state index in [1.165, 1.54) is 0 Å². The van der Waals surface area contributed by atoms with E-state index >= 15 is 0 Å². The maximum Gasteiger partial charge on any atom is 0.435 e. The fourth-order valence-corrected chi connectivity index (χ4v) is 1.43. The quantitative estimate of drug-likeness (QED) is 0.768. The van der Waals surface area contributed by atoms with E-state index in [1.54, 1.807) is 6.92 Å². The van der Waals surface area contributed by atoms with Gasteiger partial charge in [0.25, 0.3) is 0 Å². The van der Waals surface area contributed by atoms with E-state index < -0.39 is 23.9 Å². The van der Waals surface area contributed by atoms with Gasteiger partial charge < -0.3 is 10.4 Å². The Kier molecular flexibility index (Phi) is 5.34. The van der Waals surface area contributed by atoms with E-state index in [4.69, 9.17) is 5.11 Å². The molecule has 0 radical (unpaired) electrons. The van der Waals surface area contributed by atoms with Crippen LogP contribution in [0.25, 0.3) is 0 Å². The van der Waals surface area contributed by atoms with Crippen LogP contribution >= 0.6 is 0 Å². The van der Waals surface area contributed by atoms with Crippen LogP contribution in [-0.2, 0) is 17.5 Å². The van der Waals surface area contributed by atoms with Gasteiger partial charge in [-0.1, -0.05) is 0 Å². The maximum absolute atomic E-state index is 12.3. The number of nitrogens with one attached hydrogen (secondary N) is 1. The van der Waals surface area contributed by atoms with Crippen LogP contribution in [0, 0.1) is 0 Å². The molecule has 8 heteroatoms. The summed E-state index contributed by atoms with van der Waals surface area (Å²) in [5, 5.41) is 14.8. The number of rotatable bonds is 6. The van der Waals surface area contributed by atoms with Crippen molar-refractivity contribution in [3.05, 3.63) is 18.0 Å². The summed E-state index contributed by atoms with van der Waals surface area (Å²) in [5.74, 6) is -0.414. The predicted octanol–water partition coefficient (Wildman–Crippen LogP) is 1.18. The molecule has 0 aliphatic rings. The van der Waals surface area contributed by atoms with Crippen LogP contribution in [0.2, 0.25) is 0 Å². The number of amides is 1. The summed E-state index contributed by atoms with van der Waals surface area (Å²) in [6, 6.07) is 0.820. The van der Waals surface area contributed by atoms with Gasteiger partial charge in [0.15, 0.2) is 5.69 Å². The van der Waals surface area contributed by atoms with Gasteiger partial charge in [-0.05, 0) is 25.8 Å². The minimum absolute atomic E-state index is 0.259. The van der Waals surface area contributed by atoms with Crippen LogP contribution in [0.1, 0.15) is 25.5 Å². The lowest BCUT2D eigenvalue weighted by molar-refractivity contribution is -0.141. The number of aromatic nitrogens is 2. The Morgan fingerprint density at radius 1 is 1.58 bits per heavy atom. The van der Waals surface area contributed by atoms with E-state index in [0.29, 0.717) is 19.4 Å². The molecular formula is C11H16F3N3O2. The standard InChI is InChI=1S/C11H16F3N3O2/c1-8(18)3-2-5-15-10(19)7-17-6-4-9(16-17)11(12,13)14/h4,6,8,18H,2-3,5,7H2,1H3,(H,15,19). The van der Waals surface area contributed by atoms with Gasteiger partial charge in [0, 0.05) is 12.7 Å². The van der Waals surface area contributed by atoms with Gasteiger partial charge in [0.2, 0.25) is 5.91 Å². The average molecular weight is 279 g/mol. The first-order valence-corrected chi connectivity index (χ1v) is 5.84. The summed E-state index contributed by atoms with van der Waals surface area (Å²) >= 11 is 0. The molecule has 2 N–H and O–H groups in total. The number of halogens is 3. The highest BCUT2D eigenvalue weighted by Gasteiger charge is 2.33. The number of carbonyl (C=O) groups is 1. The van der Waals surface area contributed by atoms with Gasteiger partial charge in [0.1, 0.15) is 6.54 Å². The Morgan fingerprint density at radius 3 is 2.79 bits per heavy atom. The zero-order valence-electron chi connectivity index (χ0n) is 10.4. The molecule has 0 bridgehead atoms. The van der Waals surface area contributed by atoms with Crippen LogP contribution in [0.15, 0.2) is 12.3 Å². The van der Waals surface area contributed by atoms with E-state index in [1.807, 2.05) is 0 Å². The third kappa shape index (κ3) is 5.73. The zero-order chi connectivity index (χ0) is 14.5. The van der Waals surface area contributed by atoms with Crippen molar-refractivity contribution in [2.24, 2.45) is 0 Å². The Balaban J connectivity index is 2.34. The van der Waals surface area contributed by atoms with Crippen LogP contribution in [0.5, 0.6) is 0 Å². The van der Waals surface area contributed by atoms with Crippen LogP contribution in [0.4, 0.5) is 13.2 Å². The highest BCUT2D eigenvalue weighted by atomic mass is 19.4. The molecular weight excluding hydrogens is 263 g/mol. The number of aliphatic hydroxyl groups is 1. The molecule has 0 spiro atoms. The second-order valence-electron chi connectivity index (χ2n) is 4.24. The van der Waals surface area contributed by atoms with Gasteiger partial charge in [-0.25, -0.2) is 0 Å². The maximum atomic E-state index is 12.3. The Bertz CT molecular complexity index is 416. The molecule has 1 rings (SSSR count). The van der Waals surface area contributed by atoms with Gasteiger partial charge in [-0.3, -0.25) is 9.48 Å². The minimum Gasteiger partial charge on any atom is -0.393 e. The molecule has 0 aliphatic heterocycles. The average Bonchev–Trinajstić information content (AvgIpc) is 2.72. The number of alkyl halides is 3. The summed E-state index contributed by atoms with van der Waals surface area (Å²) in [6.07, 6.45) is -2.66. The lowest BCUT2D eigenvalue weighted by atomic mass is 10.2. The van der Waals surface area contributed by atoms with Gasteiger partial charge in [-0.15, -0.1) is 0 Å². The third-order valence-electron chi connectivity index (χ3n) is 2.36. The van der Waals surface area contributed by atoms with Gasteiger partial charge >= 0.3 is 6.18 Å². The number of hydrogen-bond donors (Lipinski definition) is 2. The SMILES string of the molecule is CC(O)CCCNC(=O)Cn1ccc(C(F)(F)F)n1. The molecule has 1 aromatic heterocycles.